The number of amides is 1. The van der Waals surface area contributed by atoms with Gasteiger partial charge in [0.2, 0.25) is 11.7 Å². The van der Waals surface area contributed by atoms with Gasteiger partial charge in [0.1, 0.15) is 0 Å². The van der Waals surface area contributed by atoms with Crippen molar-refractivity contribution in [2.24, 2.45) is 11.5 Å². The fourth-order valence-corrected chi connectivity index (χ4v) is 0.979. The molecule has 1 aromatic rings. The van der Waals surface area contributed by atoms with Crippen LogP contribution in [0.3, 0.4) is 0 Å². The Kier molecular flexibility index (Phi) is 2.67. The minimum atomic E-state index is -0.612. The molecule has 0 fully saturated rings. The second-order valence-corrected chi connectivity index (χ2v) is 2.85. The molecule has 1 atom stereocenters. The Balaban J connectivity index is 3.01. The van der Waals surface area contributed by atoms with Crippen LogP contribution < -0.4 is 11.5 Å². The first-order chi connectivity index (χ1) is 6.06. The molecule has 72 valence electrons. The Bertz CT molecular complexity index is 319. The summed E-state index contributed by atoms with van der Waals surface area (Å²) in [7, 11) is 0. The monoisotopic (exact) mass is 183 g/mol. The van der Waals surface area contributed by atoms with Gasteiger partial charge in [0.25, 0.3) is 5.91 Å². The third kappa shape index (κ3) is 1.86. The molecular formula is C8H13N3O2. The predicted octanol–water partition coefficient (Wildman–Crippen LogP) is 0.492. The predicted molar refractivity (Wildman–Crippen MR) is 47.0 cm³/mol. The van der Waals surface area contributed by atoms with Crippen molar-refractivity contribution in [1.29, 1.82) is 0 Å². The van der Waals surface area contributed by atoms with Crippen LogP contribution in [0.2, 0.25) is 0 Å². The van der Waals surface area contributed by atoms with Crippen LogP contribution in [0.15, 0.2) is 4.42 Å². The lowest BCUT2D eigenvalue weighted by atomic mass is 10.2. The van der Waals surface area contributed by atoms with Crippen LogP contribution in [0.4, 0.5) is 0 Å². The molecule has 0 radical (unpaired) electrons. The molecule has 4 N–H and O–H groups in total. The highest BCUT2D eigenvalue weighted by Gasteiger charge is 2.17. The van der Waals surface area contributed by atoms with E-state index in [1.54, 1.807) is 6.92 Å². The molecule has 1 rings (SSSR count). The molecule has 0 aliphatic carbocycles. The van der Waals surface area contributed by atoms with Gasteiger partial charge in [0.15, 0.2) is 0 Å². The van der Waals surface area contributed by atoms with E-state index in [0.717, 1.165) is 0 Å². The Labute approximate surface area is 76.1 Å². The van der Waals surface area contributed by atoms with Gasteiger partial charge in [-0.1, -0.05) is 6.92 Å². The summed E-state index contributed by atoms with van der Waals surface area (Å²) in [5.41, 5.74) is 11.2. The molecule has 1 amide bonds. The number of carbonyl (C=O) groups excluding carboxylic acids is 1. The van der Waals surface area contributed by atoms with Gasteiger partial charge in [-0.15, -0.1) is 0 Å². The molecular weight excluding hydrogens is 170 g/mol. The minimum Gasteiger partial charge on any atom is -0.434 e. The summed E-state index contributed by atoms with van der Waals surface area (Å²) in [6.45, 7) is 3.57. The standard InChI is InChI=1S/C8H13N3O2/c1-3-5(9)8-11-4(2)6(13-8)7(10)12/h5H,3,9H2,1-2H3,(H2,10,12). The number of hydrogen-bond acceptors (Lipinski definition) is 4. The first-order valence-electron chi connectivity index (χ1n) is 4.09. The van der Waals surface area contributed by atoms with Crippen molar-refractivity contribution >= 4 is 5.91 Å². The number of aryl methyl sites for hydroxylation is 1. The molecule has 0 bridgehead atoms. The topological polar surface area (TPSA) is 95.1 Å². The quantitative estimate of drug-likeness (QED) is 0.712. The average Bonchev–Trinajstić information content (AvgIpc) is 2.46. The van der Waals surface area contributed by atoms with Crippen molar-refractivity contribution in [2.45, 2.75) is 26.3 Å². The van der Waals surface area contributed by atoms with Crippen molar-refractivity contribution in [3.05, 3.63) is 17.3 Å². The van der Waals surface area contributed by atoms with Crippen LogP contribution in [0.1, 0.15) is 41.5 Å². The zero-order chi connectivity index (χ0) is 10.0. The smallest absolute Gasteiger partial charge is 0.286 e. The van der Waals surface area contributed by atoms with Crippen LogP contribution in [-0.2, 0) is 0 Å². The SMILES string of the molecule is CCC(N)c1nc(C)c(C(N)=O)o1. The van der Waals surface area contributed by atoms with Crippen molar-refractivity contribution in [3.63, 3.8) is 0 Å². The summed E-state index contributed by atoms with van der Waals surface area (Å²) in [6.07, 6.45) is 0.707. The van der Waals surface area contributed by atoms with E-state index in [1.165, 1.54) is 0 Å². The van der Waals surface area contributed by atoms with Crippen molar-refractivity contribution < 1.29 is 9.21 Å². The summed E-state index contributed by atoms with van der Waals surface area (Å²) >= 11 is 0. The zero-order valence-electron chi connectivity index (χ0n) is 7.70. The Hall–Kier alpha value is -1.36. The second-order valence-electron chi connectivity index (χ2n) is 2.85. The highest BCUT2D eigenvalue weighted by molar-refractivity contribution is 5.90. The molecule has 13 heavy (non-hydrogen) atoms. The van der Waals surface area contributed by atoms with E-state index in [0.29, 0.717) is 18.0 Å². The fourth-order valence-electron chi connectivity index (χ4n) is 0.979. The lowest BCUT2D eigenvalue weighted by Crippen LogP contribution is -2.11. The lowest BCUT2D eigenvalue weighted by Gasteiger charge is -2.00. The van der Waals surface area contributed by atoms with E-state index >= 15 is 0 Å². The zero-order valence-corrected chi connectivity index (χ0v) is 7.70. The molecule has 5 heteroatoms. The maximum atomic E-state index is 10.8. The summed E-state index contributed by atoms with van der Waals surface area (Å²) in [4.78, 5) is 14.8. The van der Waals surface area contributed by atoms with Gasteiger partial charge in [0, 0.05) is 0 Å². The summed E-state index contributed by atoms with van der Waals surface area (Å²) in [5, 5.41) is 0. The molecule has 0 spiro atoms. The molecule has 1 aromatic heterocycles. The molecule has 0 aromatic carbocycles. The number of carbonyl (C=O) groups is 1. The van der Waals surface area contributed by atoms with E-state index in [4.69, 9.17) is 15.9 Å². The molecule has 0 saturated heterocycles. The maximum Gasteiger partial charge on any atom is 0.286 e. The van der Waals surface area contributed by atoms with Gasteiger partial charge < -0.3 is 15.9 Å². The number of rotatable bonds is 3. The Morgan fingerprint density at radius 1 is 1.69 bits per heavy atom. The Morgan fingerprint density at radius 3 is 2.69 bits per heavy atom. The van der Waals surface area contributed by atoms with Gasteiger partial charge in [-0.05, 0) is 13.3 Å². The summed E-state index contributed by atoms with van der Waals surface area (Å²) in [5.74, 6) is -0.146. The first kappa shape index (κ1) is 9.73. The van der Waals surface area contributed by atoms with Gasteiger partial charge >= 0.3 is 0 Å². The maximum absolute atomic E-state index is 10.8. The molecule has 1 heterocycles. The molecule has 0 aliphatic heterocycles. The number of hydrogen-bond donors (Lipinski definition) is 2. The molecule has 1 unspecified atom stereocenters. The number of nitrogens with zero attached hydrogens (tertiary/aromatic N) is 1. The van der Waals surface area contributed by atoms with Gasteiger partial charge in [-0.2, -0.15) is 0 Å². The number of aromatic nitrogens is 1. The van der Waals surface area contributed by atoms with E-state index in [9.17, 15) is 4.79 Å². The van der Waals surface area contributed by atoms with E-state index in [-0.39, 0.29) is 11.8 Å². The first-order valence-corrected chi connectivity index (χ1v) is 4.09. The molecule has 0 saturated carbocycles. The third-order valence-electron chi connectivity index (χ3n) is 1.79. The van der Waals surface area contributed by atoms with Gasteiger partial charge in [-0.3, -0.25) is 4.79 Å². The van der Waals surface area contributed by atoms with E-state index < -0.39 is 5.91 Å². The van der Waals surface area contributed by atoms with Crippen LogP contribution in [-0.4, -0.2) is 10.9 Å². The number of oxazole rings is 1. The molecule has 0 aliphatic rings. The van der Waals surface area contributed by atoms with Crippen molar-refractivity contribution in [3.8, 4) is 0 Å². The summed E-state index contributed by atoms with van der Waals surface area (Å²) in [6, 6.07) is -0.271. The van der Waals surface area contributed by atoms with Crippen LogP contribution >= 0.6 is 0 Å². The Morgan fingerprint density at radius 2 is 2.31 bits per heavy atom. The van der Waals surface area contributed by atoms with Crippen molar-refractivity contribution in [1.82, 2.24) is 4.98 Å². The van der Waals surface area contributed by atoms with Gasteiger partial charge in [-0.25, -0.2) is 4.98 Å². The van der Waals surface area contributed by atoms with E-state index in [1.807, 2.05) is 6.92 Å². The average molecular weight is 183 g/mol. The summed E-state index contributed by atoms with van der Waals surface area (Å²) < 4.78 is 5.12. The number of nitrogens with two attached hydrogens (primary N) is 2. The largest absolute Gasteiger partial charge is 0.434 e. The highest BCUT2D eigenvalue weighted by atomic mass is 16.4. The fraction of sp³-hybridized carbons (Fsp3) is 0.500. The minimum absolute atomic E-state index is 0.0962. The third-order valence-corrected chi connectivity index (χ3v) is 1.79. The van der Waals surface area contributed by atoms with Gasteiger partial charge in [0.05, 0.1) is 11.7 Å². The van der Waals surface area contributed by atoms with Crippen molar-refractivity contribution in [2.75, 3.05) is 0 Å². The van der Waals surface area contributed by atoms with Crippen LogP contribution in [0.5, 0.6) is 0 Å². The molecule has 5 nitrogen and oxygen atoms in total. The van der Waals surface area contributed by atoms with E-state index in [2.05, 4.69) is 4.98 Å². The van der Waals surface area contributed by atoms with Crippen LogP contribution in [0, 0.1) is 6.92 Å². The lowest BCUT2D eigenvalue weighted by molar-refractivity contribution is 0.0970. The second kappa shape index (κ2) is 3.57. The number of primary amides is 1. The van der Waals surface area contributed by atoms with Crippen LogP contribution in [0.25, 0.3) is 0 Å². The highest BCUT2D eigenvalue weighted by Crippen LogP contribution is 2.16. The normalized spacial score (nSPS) is 12.8.